The summed E-state index contributed by atoms with van der Waals surface area (Å²) < 4.78 is 11.5. The molecule has 1 heterocycles. The van der Waals surface area contributed by atoms with E-state index in [0.29, 0.717) is 24.1 Å². The summed E-state index contributed by atoms with van der Waals surface area (Å²) in [6, 6.07) is 18.2. The smallest absolute Gasteiger partial charge is 0.247 e. The molecule has 0 aliphatic rings. The van der Waals surface area contributed by atoms with Crippen molar-refractivity contribution < 1.29 is 9.15 Å². The van der Waals surface area contributed by atoms with Crippen molar-refractivity contribution in [2.45, 2.75) is 26.1 Å². The summed E-state index contributed by atoms with van der Waals surface area (Å²) in [4.78, 5) is 2.39. The molecule has 1 aromatic heterocycles. The van der Waals surface area contributed by atoms with Gasteiger partial charge in [-0.1, -0.05) is 44.2 Å². The van der Waals surface area contributed by atoms with Gasteiger partial charge in [0.2, 0.25) is 11.8 Å². The first-order valence-electron chi connectivity index (χ1n) is 9.68. The Morgan fingerprint density at radius 2 is 1.71 bits per heavy atom. The predicted molar refractivity (Wildman–Crippen MR) is 114 cm³/mol. The summed E-state index contributed by atoms with van der Waals surface area (Å²) in [5.41, 5.74) is 2.25. The average molecular weight is 398 g/mol. The summed E-state index contributed by atoms with van der Waals surface area (Å²) in [5, 5.41) is 8.34. The number of hydrogen-bond donors (Lipinski definition) is 0. The number of hydrogen-bond acceptors (Lipinski definition) is 6. The van der Waals surface area contributed by atoms with Gasteiger partial charge in [0.15, 0.2) is 0 Å². The lowest BCUT2D eigenvalue weighted by molar-refractivity contribution is 0.296. The van der Waals surface area contributed by atoms with Crippen LogP contribution in [0.3, 0.4) is 0 Å². The van der Waals surface area contributed by atoms with E-state index in [1.165, 1.54) is 5.56 Å². The van der Waals surface area contributed by atoms with Gasteiger partial charge in [-0.15, -0.1) is 22.0 Å². The van der Waals surface area contributed by atoms with Gasteiger partial charge in [0, 0.05) is 17.9 Å². The summed E-state index contributed by atoms with van der Waals surface area (Å²) in [6.07, 6.45) is 0. The van der Waals surface area contributed by atoms with E-state index in [2.05, 4.69) is 53.2 Å². The van der Waals surface area contributed by atoms with Crippen molar-refractivity contribution in [1.29, 1.82) is 0 Å². The fraction of sp³-hybridized carbons (Fsp3) is 0.364. The van der Waals surface area contributed by atoms with E-state index in [-0.39, 0.29) is 0 Å². The second-order valence-corrected chi connectivity index (χ2v) is 7.48. The van der Waals surface area contributed by atoms with Crippen LogP contribution in [0, 0.1) is 0 Å². The third kappa shape index (κ3) is 6.11. The zero-order valence-corrected chi connectivity index (χ0v) is 17.3. The van der Waals surface area contributed by atoms with Crippen LogP contribution in [0.2, 0.25) is 0 Å². The molecule has 148 valence electrons. The van der Waals surface area contributed by atoms with E-state index in [4.69, 9.17) is 9.15 Å². The van der Waals surface area contributed by atoms with Crippen molar-refractivity contribution in [3.63, 3.8) is 0 Å². The van der Waals surface area contributed by atoms with Gasteiger partial charge in [0.25, 0.3) is 0 Å². The zero-order valence-electron chi connectivity index (χ0n) is 16.5. The van der Waals surface area contributed by atoms with Crippen molar-refractivity contribution in [1.82, 2.24) is 15.1 Å². The van der Waals surface area contributed by atoms with Gasteiger partial charge in [0.1, 0.15) is 5.75 Å². The number of ether oxygens (including phenoxy) is 1. The molecule has 5 nitrogen and oxygen atoms in total. The summed E-state index contributed by atoms with van der Waals surface area (Å²) in [5.74, 6) is 3.67. The van der Waals surface area contributed by atoms with Crippen LogP contribution in [-0.2, 0) is 12.3 Å². The molecule has 0 aliphatic carbocycles. The van der Waals surface area contributed by atoms with Crippen molar-refractivity contribution in [3.8, 4) is 17.2 Å². The predicted octanol–water partition coefficient (Wildman–Crippen LogP) is 4.89. The SMILES string of the molecule is CCN(CC)Cc1ccc(-c2nnc(CSCCOc3ccccc3)o2)cc1. The van der Waals surface area contributed by atoms with Crippen molar-refractivity contribution in [2.75, 3.05) is 25.4 Å². The standard InChI is InChI=1S/C22H27N3O2S/c1-3-25(4-2)16-18-10-12-19(13-11-18)22-24-23-21(27-22)17-28-15-14-26-20-8-6-5-7-9-20/h5-13H,3-4,14-17H2,1-2H3. The highest BCUT2D eigenvalue weighted by molar-refractivity contribution is 7.98. The molecule has 0 spiro atoms. The van der Waals surface area contributed by atoms with Crippen LogP contribution >= 0.6 is 11.8 Å². The largest absolute Gasteiger partial charge is 0.493 e. The second-order valence-electron chi connectivity index (χ2n) is 6.37. The molecular formula is C22H27N3O2S. The van der Waals surface area contributed by atoms with Gasteiger partial charge < -0.3 is 9.15 Å². The Morgan fingerprint density at radius 1 is 0.964 bits per heavy atom. The van der Waals surface area contributed by atoms with Gasteiger partial charge >= 0.3 is 0 Å². The van der Waals surface area contributed by atoms with Crippen LogP contribution < -0.4 is 4.74 Å². The van der Waals surface area contributed by atoms with Crippen LogP contribution in [-0.4, -0.2) is 40.5 Å². The molecule has 0 bridgehead atoms. The first-order valence-corrected chi connectivity index (χ1v) is 10.8. The van der Waals surface area contributed by atoms with E-state index in [1.807, 2.05) is 30.3 Å². The normalized spacial score (nSPS) is 11.1. The highest BCUT2D eigenvalue weighted by Gasteiger charge is 2.09. The first-order chi connectivity index (χ1) is 13.8. The molecule has 0 amide bonds. The number of nitrogens with zero attached hydrogens (tertiary/aromatic N) is 3. The molecule has 28 heavy (non-hydrogen) atoms. The van der Waals surface area contributed by atoms with Gasteiger partial charge in [-0.2, -0.15) is 0 Å². The second kappa shape index (κ2) is 10.9. The molecule has 2 aromatic carbocycles. The Bertz CT molecular complexity index is 817. The Hall–Kier alpha value is -2.31. The van der Waals surface area contributed by atoms with Gasteiger partial charge in [-0.3, -0.25) is 4.90 Å². The Balaban J connectivity index is 1.44. The van der Waals surface area contributed by atoms with Crippen LogP contribution in [0.5, 0.6) is 5.75 Å². The van der Waals surface area contributed by atoms with E-state index in [1.54, 1.807) is 11.8 Å². The monoisotopic (exact) mass is 397 g/mol. The van der Waals surface area contributed by atoms with Crippen LogP contribution in [0.25, 0.3) is 11.5 Å². The van der Waals surface area contributed by atoms with E-state index < -0.39 is 0 Å². The maximum Gasteiger partial charge on any atom is 0.247 e. The number of aromatic nitrogens is 2. The Labute approximate surface area is 171 Å². The summed E-state index contributed by atoms with van der Waals surface area (Å²) in [6.45, 7) is 8.10. The molecule has 0 saturated carbocycles. The average Bonchev–Trinajstić information content (AvgIpc) is 3.22. The fourth-order valence-corrected chi connectivity index (χ4v) is 3.42. The topological polar surface area (TPSA) is 51.4 Å². The minimum absolute atomic E-state index is 0.575. The molecule has 0 aliphatic heterocycles. The molecule has 0 radical (unpaired) electrons. The van der Waals surface area contributed by atoms with Crippen LogP contribution in [0.1, 0.15) is 25.3 Å². The summed E-state index contributed by atoms with van der Waals surface area (Å²) >= 11 is 1.72. The number of benzene rings is 2. The highest BCUT2D eigenvalue weighted by Crippen LogP contribution is 2.21. The van der Waals surface area contributed by atoms with E-state index in [9.17, 15) is 0 Å². The maximum atomic E-state index is 5.80. The van der Waals surface area contributed by atoms with Crippen LogP contribution in [0.4, 0.5) is 0 Å². The quantitative estimate of drug-likeness (QED) is 0.429. The third-order valence-electron chi connectivity index (χ3n) is 4.43. The summed E-state index contributed by atoms with van der Waals surface area (Å²) in [7, 11) is 0. The third-order valence-corrected chi connectivity index (χ3v) is 5.34. The fourth-order valence-electron chi connectivity index (χ4n) is 2.78. The number of rotatable bonds is 11. The molecule has 0 atom stereocenters. The van der Waals surface area contributed by atoms with Gasteiger partial charge in [-0.05, 0) is 42.9 Å². The maximum absolute atomic E-state index is 5.80. The molecule has 0 unspecified atom stereocenters. The lowest BCUT2D eigenvalue weighted by Crippen LogP contribution is -2.21. The highest BCUT2D eigenvalue weighted by atomic mass is 32.2. The molecule has 3 rings (SSSR count). The van der Waals surface area contributed by atoms with Gasteiger partial charge in [0.05, 0.1) is 12.4 Å². The molecular weight excluding hydrogens is 370 g/mol. The molecule has 0 saturated heterocycles. The molecule has 3 aromatic rings. The minimum atomic E-state index is 0.575. The van der Waals surface area contributed by atoms with E-state index >= 15 is 0 Å². The molecule has 0 N–H and O–H groups in total. The van der Waals surface area contributed by atoms with Crippen molar-refractivity contribution in [2.24, 2.45) is 0 Å². The zero-order chi connectivity index (χ0) is 19.6. The Kier molecular flexibility index (Phi) is 7.94. The molecule has 0 fully saturated rings. The van der Waals surface area contributed by atoms with Crippen LogP contribution in [0.15, 0.2) is 59.0 Å². The lowest BCUT2D eigenvalue weighted by Gasteiger charge is -2.17. The van der Waals surface area contributed by atoms with Crippen molar-refractivity contribution in [3.05, 3.63) is 66.1 Å². The minimum Gasteiger partial charge on any atom is -0.493 e. The van der Waals surface area contributed by atoms with E-state index in [0.717, 1.165) is 36.7 Å². The molecule has 6 heteroatoms. The Morgan fingerprint density at radius 3 is 2.43 bits per heavy atom. The number of thioether (sulfide) groups is 1. The number of para-hydroxylation sites is 1. The van der Waals surface area contributed by atoms with Gasteiger partial charge in [-0.25, -0.2) is 0 Å². The lowest BCUT2D eigenvalue weighted by atomic mass is 10.1. The first kappa shape index (κ1) is 20.4. The van der Waals surface area contributed by atoms with Crippen molar-refractivity contribution >= 4 is 11.8 Å².